The molecule has 2 saturated heterocycles. The number of aliphatic hydroxyl groups excluding tert-OH is 1. The molecule has 2 aromatic heterocycles. The average molecular weight is 473 g/mol. The molecule has 5 heterocycles. The second-order valence-electron chi connectivity index (χ2n) is 8.70. The second-order valence-corrected chi connectivity index (χ2v) is 10.7. The molecule has 33 heavy (non-hydrogen) atoms. The van der Waals surface area contributed by atoms with Crippen LogP contribution < -0.4 is 15.5 Å². The fourth-order valence-electron chi connectivity index (χ4n) is 4.41. The summed E-state index contributed by atoms with van der Waals surface area (Å²) in [4.78, 5) is 20.5. The zero-order chi connectivity index (χ0) is 23.0. The van der Waals surface area contributed by atoms with Gasteiger partial charge in [0.1, 0.15) is 11.5 Å². The summed E-state index contributed by atoms with van der Waals surface area (Å²) in [5.74, 6) is 1.85. The lowest BCUT2D eigenvalue weighted by Crippen LogP contribution is -2.44. The summed E-state index contributed by atoms with van der Waals surface area (Å²) in [5.41, 5.74) is 2.08. The molecule has 2 fully saturated rings. The van der Waals surface area contributed by atoms with Gasteiger partial charge >= 0.3 is 0 Å². The number of β-amino-alcohol motifs (C(OH)–C–C–N with tert-alkyl or cyclic N) is 1. The molecule has 3 aliphatic rings. The summed E-state index contributed by atoms with van der Waals surface area (Å²) >= 11 is 0. The van der Waals surface area contributed by atoms with Crippen LogP contribution >= 0.6 is 0 Å². The van der Waals surface area contributed by atoms with Crippen molar-refractivity contribution in [2.24, 2.45) is 0 Å². The maximum absolute atomic E-state index is 12.1. The minimum absolute atomic E-state index is 0.0914. The van der Waals surface area contributed by atoms with Crippen molar-refractivity contribution >= 4 is 33.7 Å². The second kappa shape index (κ2) is 8.84. The highest BCUT2D eigenvalue weighted by Crippen LogP contribution is 2.30. The third-order valence-corrected chi connectivity index (χ3v) is 7.42. The summed E-state index contributed by atoms with van der Waals surface area (Å²) in [6.07, 6.45) is 10.5. The van der Waals surface area contributed by atoms with Crippen LogP contribution in [-0.4, -0.2) is 88.9 Å². The van der Waals surface area contributed by atoms with Crippen molar-refractivity contribution in [1.29, 1.82) is 0 Å². The third-order valence-electron chi connectivity index (χ3n) is 6.15. The number of piperidine rings is 1. The van der Waals surface area contributed by atoms with Crippen LogP contribution in [-0.2, 0) is 10.0 Å². The number of hydrogen-bond acceptors (Lipinski definition) is 10. The van der Waals surface area contributed by atoms with E-state index < -0.39 is 16.1 Å². The SMILES string of the molecule is CS(=O)(=O)N1CCC[C@H](Nc2nc(N3CC[C@H](O)C3)ncc2-c2cnc3c(n2)C=CCN3)C1. The van der Waals surface area contributed by atoms with Gasteiger partial charge in [-0.3, -0.25) is 0 Å². The van der Waals surface area contributed by atoms with Crippen LogP contribution in [0.3, 0.4) is 0 Å². The molecule has 176 valence electrons. The summed E-state index contributed by atoms with van der Waals surface area (Å²) < 4.78 is 25.7. The number of aromatic nitrogens is 4. The van der Waals surface area contributed by atoms with E-state index in [9.17, 15) is 13.5 Å². The quantitative estimate of drug-likeness (QED) is 0.572. The maximum Gasteiger partial charge on any atom is 0.227 e. The number of nitrogens with one attached hydrogen (secondary N) is 2. The van der Waals surface area contributed by atoms with Crippen LogP contribution in [0.25, 0.3) is 17.3 Å². The largest absolute Gasteiger partial charge is 0.391 e. The van der Waals surface area contributed by atoms with Gasteiger partial charge in [0.2, 0.25) is 16.0 Å². The lowest BCUT2D eigenvalue weighted by atomic mass is 10.1. The Morgan fingerprint density at radius 3 is 2.82 bits per heavy atom. The summed E-state index contributed by atoms with van der Waals surface area (Å²) in [7, 11) is -3.26. The molecule has 0 unspecified atom stereocenters. The summed E-state index contributed by atoms with van der Waals surface area (Å²) in [5, 5.41) is 16.6. The first-order chi connectivity index (χ1) is 15.9. The topological polar surface area (TPSA) is 136 Å². The van der Waals surface area contributed by atoms with Gasteiger partial charge in [0.15, 0.2) is 5.82 Å². The highest BCUT2D eigenvalue weighted by Gasteiger charge is 2.28. The molecule has 3 aliphatic heterocycles. The molecule has 0 spiro atoms. The molecule has 0 aliphatic carbocycles. The maximum atomic E-state index is 12.1. The van der Waals surface area contributed by atoms with Crippen LogP contribution in [0.2, 0.25) is 0 Å². The van der Waals surface area contributed by atoms with Gasteiger partial charge in [0.05, 0.1) is 29.8 Å². The minimum atomic E-state index is -3.26. The fraction of sp³-hybridized carbons (Fsp3) is 0.524. The first-order valence-electron chi connectivity index (χ1n) is 11.2. The molecule has 0 aromatic carbocycles. The van der Waals surface area contributed by atoms with Gasteiger partial charge in [-0.25, -0.2) is 27.7 Å². The van der Waals surface area contributed by atoms with Crippen LogP contribution in [0.5, 0.6) is 0 Å². The zero-order valence-electron chi connectivity index (χ0n) is 18.5. The number of sulfonamides is 1. The van der Waals surface area contributed by atoms with Gasteiger partial charge in [0.25, 0.3) is 0 Å². The number of nitrogens with zero attached hydrogens (tertiary/aromatic N) is 6. The smallest absolute Gasteiger partial charge is 0.227 e. The third kappa shape index (κ3) is 4.77. The van der Waals surface area contributed by atoms with Gasteiger partial charge in [-0.15, -0.1) is 0 Å². The van der Waals surface area contributed by atoms with Crippen LogP contribution in [0, 0.1) is 0 Å². The molecule has 0 saturated carbocycles. The van der Waals surface area contributed by atoms with Crippen LogP contribution in [0.4, 0.5) is 17.6 Å². The molecule has 0 amide bonds. The number of aliphatic hydroxyl groups is 1. The van der Waals surface area contributed by atoms with E-state index in [0.29, 0.717) is 62.2 Å². The molecule has 2 aromatic rings. The Bertz CT molecular complexity index is 1170. The van der Waals surface area contributed by atoms with Crippen LogP contribution in [0.15, 0.2) is 18.5 Å². The van der Waals surface area contributed by atoms with Gasteiger partial charge in [-0.1, -0.05) is 6.08 Å². The lowest BCUT2D eigenvalue weighted by Gasteiger charge is -2.32. The minimum Gasteiger partial charge on any atom is -0.391 e. The standard InChI is InChI=1S/C21H28N8O3S/c1-33(31,32)29-8-3-4-14(12-29)25-19-16(10-24-21(27-19)28-9-6-15(30)13-28)18-11-23-20-17(26-18)5-2-7-22-20/h2,5,10-11,14-15,30H,3-4,6-9,12-13H2,1H3,(H,22,23)(H,24,25,27)/t14-,15-/m0/s1. The Kier molecular flexibility index (Phi) is 5.89. The molecular weight excluding hydrogens is 444 g/mol. The van der Waals surface area contributed by atoms with E-state index in [1.807, 2.05) is 17.1 Å². The molecule has 0 radical (unpaired) electrons. The normalized spacial score (nSPS) is 23.3. The number of anilines is 3. The zero-order valence-corrected chi connectivity index (χ0v) is 19.3. The van der Waals surface area contributed by atoms with E-state index in [2.05, 4.69) is 20.6 Å². The summed E-state index contributed by atoms with van der Waals surface area (Å²) in [6.45, 7) is 2.79. The highest BCUT2D eigenvalue weighted by molar-refractivity contribution is 7.88. The Morgan fingerprint density at radius 1 is 1.15 bits per heavy atom. The molecule has 11 nitrogen and oxygen atoms in total. The van der Waals surface area contributed by atoms with Crippen LogP contribution in [0.1, 0.15) is 25.0 Å². The monoisotopic (exact) mass is 472 g/mol. The molecule has 2 atom stereocenters. The van der Waals surface area contributed by atoms with Crippen molar-refractivity contribution < 1.29 is 13.5 Å². The molecule has 3 N–H and O–H groups in total. The summed E-state index contributed by atoms with van der Waals surface area (Å²) in [6, 6.07) is -0.0914. The van der Waals surface area contributed by atoms with Gasteiger partial charge in [0, 0.05) is 45.0 Å². The molecule has 12 heteroatoms. The Hall–Kier alpha value is -2.83. The van der Waals surface area contributed by atoms with Gasteiger partial charge in [-0.05, 0) is 25.3 Å². The van der Waals surface area contributed by atoms with Gasteiger partial charge < -0.3 is 20.6 Å². The Balaban J connectivity index is 1.49. The number of hydrogen-bond donors (Lipinski definition) is 3. The van der Waals surface area contributed by atoms with Crippen molar-refractivity contribution in [2.75, 3.05) is 54.5 Å². The Morgan fingerprint density at radius 2 is 2.03 bits per heavy atom. The van der Waals surface area contributed by atoms with Crippen molar-refractivity contribution in [1.82, 2.24) is 24.2 Å². The number of fused-ring (bicyclic) bond motifs is 1. The van der Waals surface area contributed by atoms with E-state index in [-0.39, 0.29) is 6.04 Å². The van der Waals surface area contributed by atoms with E-state index in [4.69, 9.17) is 9.97 Å². The predicted molar refractivity (Wildman–Crippen MR) is 126 cm³/mol. The molecular formula is C21H28N8O3S. The Labute approximate surface area is 193 Å². The van der Waals surface area contributed by atoms with E-state index >= 15 is 0 Å². The first-order valence-corrected chi connectivity index (χ1v) is 13.0. The van der Waals surface area contributed by atoms with Gasteiger partial charge in [-0.2, -0.15) is 4.98 Å². The van der Waals surface area contributed by atoms with E-state index in [1.165, 1.54) is 10.6 Å². The highest BCUT2D eigenvalue weighted by atomic mass is 32.2. The predicted octanol–water partition coefficient (Wildman–Crippen LogP) is 0.779. The fourth-order valence-corrected chi connectivity index (χ4v) is 5.32. The van der Waals surface area contributed by atoms with E-state index in [0.717, 1.165) is 24.4 Å². The van der Waals surface area contributed by atoms with Crippen molar-refractivity contribution in [3.8, 4) is 11.3 Å². The first kappa shape index (κ1) is 22.0. The molecule has 0 bridgehead atoms. The average Bonchev–Trinajstić information content (AvgIpc) is 3.25. The van der Waals surface area contributed by atoms with Crippen molar-refractivity contribution in [3.63, 3.8) is 0 Å². The van der Waals surface area contributed by atoms with E-state index in [1.54, 1.807) is 12.4 Å². The van der Waals surface area contributed by atoms with Crippen molar-refractivity contribution in [3.05, 3.63) is 24.2 Å². The van der Waals surface area contributed by atoms with Crippen molar-refractivity contribution in [2.45, 2.75) is 31.4 Å². The molecule has 5 rings (SSSR count). The number of rotatable bonds is 5. The lowest BCUT2D eigenvalue weighted by molar-refractivity contribution is 0.198.